The molecule has 1 N–H and O–H groups in total. The molecule has 1 aliphatic heterocycles. The Labute approximate surface area is 117 Å². The van der Waals surface area contributed by atoms with Crippen molar-refractivity contribution in [3.63, 3.8) is 0 Å². The minimum Gasteiger partial charge on any atom is -0.354 e. The lowest BCUT2D eigenvalue weighted by Crippen LogP contribution is -2.38. The van der Waals surface area contributed by atoms with Gasteiger partial charge in [0.25, 0.3) is 0 Å². The SMILES string of the molecule is CC1CCCCN1c1ccc(CNC(C)(C)C)cn1. The fraction of sp³-hybridized carbons (Fsp3) is 0.688. The topological polar surface area (TPSA) is 28.2 Å². The summed E-state index contributed by atoms with van der Waals surface area (Å²) >= 11 is 0. The van der Waals surface area contributed by atoms with E-state index in [1.165, 1.54) is 24.8 Å². The average Bonchev–Trinajstić information content (AvgIpc) is 2.37. The summed E-state index contributed by atoms with van der Waals surface area (Å²) in [6.07, 6.45) is 5.94. The third-order valence-electron chi connectivity index (χ3n) is 3.73. The Kier molecular flexibility index (Phi) is 4.46. The fourth-order valence-electron chi connectivity index (χ4n) is 2.50. The molecule has 1 atom stereocenters. The second-order valence-corrected chi connectivity index (χ2v) is 6.67. The van der Waals surface area contributed by atoms with Crippen LogP contribution >= 0.6 is 0 Å². The minimum atomic E-state index is 0.153. The Balaban J connectivity index is 1.98. The zero-order valence-electron chi connectivity index (χ0n) is 12.7. The normalized spacial score (nSPS) is 20.6. The largest absolute Gasteiger partial charge is 0.354 e. The number of hydrogen-bond donors (Lipinski definition) is 1. The molecule has 0 spiro atoms. The van der Waals surface area contributed by atoms with Gasteiger partial charge in [0.1, 0.15) is 5.82 Å². The van der Waals surface area contributed by atoms with Gasteiger partial charge in [0.15, 0.2) is 0 Å². The maximum atomic E-state index is 4.64. The first kappa shape index (κ1) is 14.3. The molecule has 1 unspecified atom stereocenters. The van der Waals surface area contributed by atoms with Crippen LogP contribution in [-0.4, -0.2) is 23.1 Å². The van der Waals surface area contributed by atoms with E-state index >= 15 is 0 Å². The molecule has 19 heavy (non-hydrogen) atoms. The number of pyridine rings is 1. The second kappa shape index (κ2) is 5.91. The van der Waals surface area contributed by atoms with E-state index in [0.29, 0.717) is 6.04 Å². The highest BCUT2D eigenvalue weighted by Gasteiger charge is 2.19. The maximum absolute atomic E-state index is 4.64. The van der Waals surface area contributed by atoms with Gasteiger partial charge in [-0.3, -0.25) is 0 Å². The van der Waals surface area contributed by atoms with Gasteiger partial charge >= 0.3 is 0 Å². The van der Waals surface area contributed by atoms with Crippen LogP contribution in [-0.2, 0) is 6.54 Å². The summed E-state index contributed by atoms with van der Waals surface area (Å²) in [5.74, 6) is 1.13. The lowest BCUT2D eigenvalue weighted by atomic mass is 10.0. The average molecular weight is 261 g/mol. The Morgan fingerprint density at radius 1 is 1.32 bits per heavy atom. The quantitative estimate of drug-likeness (QED) is 0.904. The zero-order valence-corrected chi connectivity index (χ0v) is 12.7. The van der Waals surface area contributed by atoms with Crippen LogP contribution in [0.15, 0.2) is 18.3 Å². The van der Waals surface area contributed by atoms with E-state index in [1.54, 1.807) is 0 Å². The van der Waals surface area contributed by atoms with Crippen LogP contribution in [0.2, 0.25) is 0 Å². The van der Waals surface area contributed by atoms with Crippen LogP contribution in [0.1, 0.15) is 52.5 Å². The van der Waals surface area contributed by atoms with Crippen molar-refractivity contribution in [1.29, 1.82) is 0 Å². The summed E-state index contributed by atoms with van der Waals surface area (Å²) in [4.78, 5) is 7.07. The van der Waals surface area contributed by atoms with Gasteiger partial charge in [-0.1, -0.05) is 6.07 Å². The van der Waals surface area contributed by atoms with E-state index in [9.17, 15) is 0 Å². The molecule has 1 saturated heterocycles. The summed E-state index contributed by atoms with van der Waals surface area (Å²) in [5.41, 5.74) is 1.41. The fourth-order valence-corrected chi connectivity index (χ4v) is 2.50. The van der Waals surface area contributed by atoms with Gasteiger partial charge in [-0.05, 0) is 58.6 Å². The highest BCUT2D eigenvalue weighted by atomic mass is 15.2. The second-order valence-electron chi connectivity index (χ2n) is 6.67. The van der Waals surface area contributed by atoms with Crippen molar-refractivity contribution in [3.8, 4) is 0 Å². The van der Waals surface area contributed by atoms with Crippen molar-refractivity contribution in [2.45, 2.75) is 65.1 Å². The maximum Gasteiger partial charge on any atom is 0.128 e. The highest BCUT2D eigenvalue weighted by Crippen LogP contribution is 2.22. The predicted molar refractivity (Wildman–Crippen MR) is 81.5 cm³/mol. The molecule has 0 amide bonds. The number of aromatic nitrogens is 1. The first-order valence-electron chi connectivity index (χ1n) is 7.42. The molecule has 3 heteroatoms. The monoisotopic (exact) mass is 261 g/mol. The first-order valence-corrected chi connectivity index (χ1v) is 7.42. The molecule has 0 aliphatic carbocycles. The molecule has 2 rings (SSSR count). The number of hydrogen-bond acceptors (Lipinski definition) is 3. The van der Waals surface area contributed by atoms with Crippen molar-refractivity contribution in [1.82, 2.24) is 10.3 Å². The van der Waals surface area contributed by atoms with Crippen molar-refractivity contribution in [2.75, 3.05) is 11.4 Å². The van der Waals surface area contributed by atoms with Crippen LogP contribution in [0, 0.1) is 0 Å². The Bertz CT molecular complexity index is 391. The molecule has 3 nitrogen and oxygen atoms in total. The number of nitrogens with zero attached hydrogens (tertiary/aromatic N) is 2. The summed E-state index contributed by atoms with van der Waals surface area (Å²) < 4.78 is 0. The summed E-state index contributed by atoms with van der Waals surface area (Å²) in [6.45, 7) is 10.9. The molecule has 106 valence electrons. The summed E-state index contributed by atoms with van der Waals surface area (Å²) in [7, 11) is 0. The van der Waals surface area contributed by atoms with Crippen molar-refractivity contribution in [2.24, 2.45) is 0 Å². The van der Waals surface area contributed by atoms with E-state index in [-0.39, 0.29) is 5.54 Å². The van der Waals surface area contributed by atoms with Gasteiger partial charge in [-0.15, -0.1) is 0 Å². The molecule has 1 aromatic rings. The molecule has 0 aromatic carbocycles. The molecule has 2 heterocycles. The number of anilines is 1. The minimum absolute atomic E-state index is 0.153. The molecule has 0 bridgehead atoms. The van der Waals surface area contributed by atoms with Crippen LogP contribution in [0.25, 0.3) is 0 Å². The lowest BCUT2D eigenvalue weighted by Gasteiger charge is -2.34. The van der Waals surface area contributed by atoms with Gasteiger partial charge in [0.2, 0.25) is 0 Å². The van der Waals surface area contributed by atoms with Crippen molar-refractivity contribution >= 4 is 5.82 Å². The Morgan fingerprint density at radius 2 is 2.11 bits per heavy atom. The molecular formula is C16H27N3. The predicted octanol–water partition coefficient (Wildman–Crippen LogP) is 3.35. The molecular weight excluding hydrogens is 234 g/mol. The molecule has 0 saturated carbocycles. The number of rotatable bonds is 3. The zero-order chi connectivity index (χ0) is 13.9. The van der Waals surface area contributed by atoms with Crippen LogP contribution < -0.4 is 10.2 Å². The van der Waals surface area contributed by atoms with Crippen molar-refractivity contribution < 1.29 is 0 Å². The van der Waals surface area contributed by atoms with Gasteiger partial charge in [0, 0.05) is 30.9 Å². The molecule has 1 aromatic heterocycles. The lowest BCUT2D eigenvalue weighted by molar-refractivity contribution is 0.424. The van der Waals surface area contributed by atoms with E-state index < -0.39 is 0 Å². The van der Waals surface area contributed by atoms with Crippen LogP contribution in [0.3, 0.4) is 0 Å². The van der Waals surface area contributed by atoms with E-state index in [2.05, 4.69) is 55.0 Å². The molecule has 0 radical (unpaired) electrons. The van der Waals surface area contributed by atoms with E-state index in [1.807, 2.05) is 6.20 Å². The highest BCUT2D eigenvalue weighted by molar-refractivity contribution is 5.40. The Morgan fingerprint density at radius 3 is 2.68 bits per heavy atom. The van der Waals surface area contributed by atoms with E-state index in [0.717, 1.165) is 18.9 Å². The van der Waals surface area contributed by atoms with Crippen LogP contribution in [0.4, 0.5) is 5.82 Å². The first-order chi connectivity index (χ1) is 8.96. The van der Waals surface area contributed by atoms with Gasteiger partial charge in [0.05, 0.1) is 0 Å². The number of nitrogens with one attached hydrogen (secondary N) is 1. The molecule has 1 aliphatic rings. The third kappa shape index (κ3) is 4.20. The van der Waals surface area contributed by atoms with E-state index in [4.69, 9.17) is 0 Å². The van der Waals surface area contributed by atoms with Gasteiger partial charge < -0.3 is 10.2 Å². The van der Waals surface area contributed by atoms with Crippen molar-refractivity contribution in [3.05, 3.63) is 23.9 Å². The Hall–Kier alpha value is -1.09. The smallest absolute Gasteiger partial charge is 0.128 e. The standard InChI is InChI=1S/C16H27N3/c1-13-7-5-6-10-19(13)15-9-8-14(11-17-15)12-18-16(2,3)4/h8-9,11,13,18H,5-7,10,12H2,1-4H3. The van der Waals surface area contributed by atoms with Crippen LogP contribution in [0.5, 0.6) is 0 Å². The van der Waals surface area contributed by atoms with Gasteiger partial charge in [-0.25, -0.2) is 4.98 Å². The van der Waals surface area contributed by atoms with Gasteiger partial charge in [-0.2, -0.15) is 0 Å². The summed E-state index contributed by atoms with van der Waals surface area (Å²) in [6, 6.07) is 4.99. The number of piperidine rings is 1. The third-order valence-corrected chi connectivity index (χ3v) is 3.73. The molecule has 1 fully saturated rings. The summed E-state index contributed by atoms with van der Waals surface area (Å²) in [5, 5.41) is 3.49.